The summed E-state index contributed by atoms with van der Waals surface area (Å²) in [6, 6.07) is 11.1. The number of aliphatic imine (C=N–C) groups is 1. The Balaban J connectivity index is 0.000000303. The monoisotopic (exact) mass is 490 g/mol. The highest BCUT2D eigenvalue weighted by atomic mass is 19.1. The van der Waals surface area contributed by atoms with Crippen molar-refractivity contribution in [2.75, 3.05) is 18.5 Å². The van der Waals surface area contributed by atoms with Gasteiger partial charge >= 0.3 is 23.8 Å². The van der Waals surface area contributed by atoms with E-state index in [4.69, 9.17) is 4.42 Å². The fourth-order valence-corrected chi connectivity index (χ4v) is 2.01. The van der Waals surface area contributed by atoms with Crippen molar-refractivity contribution in [2.24, 2.45) is 4.99 Å². The minimum Gasteiger partial charge on any atom is -0.460 e. The SMILES string of the molecule is CCOC(=O)C=O.CCOC(=O)c1nnc(Nc2cccc(F)c2)o1.O=C=Nc1cccc(F)c1. The van der Waals surface area contributed by atoms with E-state index in [1.807, 2.05) is 0 Å². The number of benzene rings is 2. The molecule has 1 heterocycles. The van der Waals surface area contributed by atoms with E-state index in [0.717, 1.165) is 6.07 Å². The number of ether oxygens (including phenoxy) is 2. The van der Waals surface area contributed by atoms with Crippen LogP contribution < -0.4 is 5.32 Å². The molecule has 0 spiro atoms. The molecule has 0 atom stereocenters. The standard InChI is InChI=1S/C11H10FN3O3.C7H4FNO.C4H6O3/c1-2-17-10(16)9-14-15-11(18-9)13-8-5-3-4-7(12)6-8;8-6-2-1-3-7(4-6)9-5-10;1-2-7-4(6)3-5/h3-6H,2H2,1H3,(H,13,15);1-4H;3H,2H2,1H3. The Morgan fingerprint density at radius 3 is 2.26 bits per heavy atom. The topological polar surface area (TPSA) is 150 Å². The van der Waals surface area contributed by atoms with Gasteiger partial charge < -0.3 is 19.2 Å². The summed E-state index contributed by atoms with van der Waals surface area (Å²) in [5, 5.41) is 9.77. The van der Waals surface area contributed by atoms with Crippen LogP contribution in [0.3, 0.4) is 0 Å². The van der Waals surface area contributed by atoms with Crippen molar-refractivity contribution >= 4 is 41.7 Å². The lowest BCUT2D eigenvalue weighted by atomic mass is 10.3. The molecule has 3 aromatic rings. The summed E-state index contributed by atoms with van der Waals surface area (Å²) in [4.78, 5) is 43.4. The molecule has 1 aromatic heterocycles. The average Bonchev–Trinajstić information content (AvgIpc) is 3.29. The van der Waals surface area contributed by atoms with Crippen molar-refractivity contribution in [3.8, 4) is 0 Å². The Hall–Kier alpha value is -4.77. The number of halogens is 2. The van der Waals surface area contributed by atoms with Crippen molar-refractivity contribution in [1.29, 1.82) is 0 Å². The van der Waals surface area contributed by atoms with Crippen LogP contribution in [-0.4, -0.2) is 47.7 Å². The maximum Gasteiger partial charge on any atom is 0.396 e. The summed E-state index contributed by atoms with van der Waals surface area (Å²) in [5.41, 5.74) is 0.726. The zero-order chi connectivity index (χ0) is 26.1. The van der Waals surface area contributed by atoms with E-state index in [2.05, 4.69) is 30.0 Å². The summed E-state index contributed by atoms with van der Waals surface area (Å²) in [5.74, 6) is -2.56. The number of carbonyl (C=O) groups excluding carboxylic acids is 4. The van der Waals surface area contributed by atoms with E-state index in [9.17, 15) is 28.0 Å². The summed E-state index contributed by atoms with van der Waals surface area (Å²) in [7, 11) is 0. The van der Waals surface area contributed by atoms with Crippen LogP contribution in [0.15, 0.2) is 57.9 Å². The molecule has 13 heteroatoms. The Morgan fingerprint density at radius 1 is 1.06 bits per heavy atom. The Morgan fingerprint density at radius 2 is 1.71 bits per heavy atom. The van der Waals surface area contributed by atoms with Gasteiger partial charge in [-0.15, -0.1) is 0 Å². The highest BCUT2D eigenvalue weighted by molar-refractivity contribution is 6.20. The number of hydrogen-bond acceptors (Lipinski definition) is 11. The molecule has 2 aromatic carbocycles. The van der Waals surface area contributed by atoms with Crippen molar-refractivity contribution < 1.29 is 41.8 Å². The normalized spacial score (nSPS) is 9.14. The number of isocyanates is 1. The van der Waals surface area contributed by atoms with Crippen LogP contribution in [0.5, 0.6) is 0 Å². The Bertz CT molecular complexity index is 1160. The second-order valence-electron chi connectivity index (χ2n) is 5.82. The van der Waals surface area contributed by atoms with Crippen LogP contribution in [0.4, 0.5) is 26.2 Å². The van der Waals surface area contributed by atoms with E-state index in [1.54, 1.807) is 19.9 Å². The fraction of sp³-hybridized carbons (Fsp3) is 0.182. The lowest BCUT2D eigenvalue weighted by Gasteiger charge is -2.00. The number of rotatable bonds is 7. The number of nitrogens with zero attached hydrogens (tertiary/aromatic N) is 3. The van der Waals surface area contributed by atoms with Gasteiger partial charge in [-0.1, -0.05) is 22.3 Å². The molecule has 0 amide bonds. The minimum absolute atomic E-state index is 0.0105. The molecular weight excluding hydrogens is 470 g/mol. The molecule has 35 heavy (non-hydrogen) atoms. The third-order valence-electron chi connectivity index (χ3n) is 3.32. The third-order valence-corrected chi connectivity index (χ3v) is 3.32. The number of aromatic nitrogens is 2. The molecule has 0 saturated carbocycles. The molecule has 0 saturated heterocycles. The number of esters is 2. The zero-order valence-corrected chi connectivity index (χ0v) is 18.6. The Labute approximate surface area is 197 Å². The van der Waals surface area contributed by atoms with Gasteiger partial charge in [0, 0.05) is 11.8 Å². The number of anilines is 2. The van der Waals surface area contributed by atoms with E-state index in [1.165, 1.54) is 42.5 Å². The Kier molecular flexibility index (Phi) is 12.9. The largest absolute Gasteiger partial charge is 0.460 e. The van der Waals surface area contributed by atoms with Crippen LogP contribution in [0.1, 0.15) is 24.5 Å². The van der Waals surface area contributed by atoms with Crippen LogP contribution in [0, 0.1) is 11.6 Å². The van der Waals surface area contributed by atoms with E-state index in [0.29, 0.717) is 5.69 Å². The smallest absolute Gasteiger partial charge is 0.396 e. The first-order chi connectivity index (χ1) is 16.8. The molecule has 3 rings (SSSR count). The molecule has 0 aliphatic rings. The summed E-state index contributed by atoms with van der Waals surface area (Å²) in [6.45, 7) is 3.78. The summed E-state index contributed by atoms with van der Waals surface area (Å²) < 4.78 is 39.1. The van der Waals surface area contributed by atoms with Crippen LogP contribution in [0.25, 0.3) is 0 Å². The van der Waals surface area contributed by atoms with Gasteiger partial charge in [-0.2, -0.15) is 4.99 Å². The van der Waals surface area contributed by atoms with Crippen LogP contribution in [0.2, 0.25) is 0 Å². The van der Waals surface area contributed by atoms with E-state index >= 15 is 0 Å². The molecule has 0 unspecified atom stereocenters. The molecule has 1 N–H and O–H groups in total. The molecule has 0 bridgehead atoms. The maximum atomic E-state index is 12.9. The zero-order valence-electron chi connectivity index (χ0n) is 18.6. The second kappa shape index (κ2) is 15.9. The second-order valence-corrected chi connectivity index (χ2v) is 5.82. The predicted molar refractivity (Wildman–Crippen MR) is 117 cm³/mol. The van der Waals surface area contributed by atoms with Crippen molar-refractivity contribution in [3.63, 3.8) is 0 Å². The molecule has 11 nitrogen and oxygen atoms in total. The molecule has 184 valence electrons. The van der Waals surface area contributed by atoms with E-state index < -0.39 is 23.6 Å². The van der Waals surface area contributed by atoms with Crippen molar-refractivity contribution in [1.82, 2.24) is 10.2 Å². The maximum absolute atomic E-state index is 12.9. The number of aldehydes is 1. The van der Waals surface area contributed by atoms with Gasteiger partial charge in [-0.05, 0) is 44.2 Å². The lowest BCUT2D eigenvalue weighted by molar-refractivity contribution is -0.148. The quantitative estimate of drug-likeness (QED) is 0.171. The van der Waals surface area contributed by atoms with Gasteiger partial charge in [0.25, 0.3) is 0 Å². The van der Waals surface area contributed by atoms with Gasteiger partial charge in [-0.25, -0.2) is 23.2 Å². The van der Waals surface area contributed by atoms with Crippen LogP contribution >= 0.6 is 0 Å². The molecular formula is C22H20F2N4O7. The minimum atomic E-state index is -0.803. The lowest BCUT2D eigenvalue weighted by Crippen LogP contribution is -2.04. The molecule has 0 radical (unpaired) electrons. The first-order valence-electron chi connectivity index (χ1n) is 9.81. The predicted octanol–water partition coefficient (Wildman–Crippen LogP) is 3.67. The third kappa shape index (κ3) is 11.6. The van der Waals surface area contributed by atoms with Crippen molar-refractivity contribution in [3.05, 3.63) is 66.1 Å². The highest BCUT2D eigenvalue weighted by Gasteiger charge is 2.15. The highest BCUT2D eigenvalue weighted by Crippen LogP contribution is 2.16. The van der Waals surface area contributed by atoms with Crippen LogP contribution in [-0.2, 0) is 23.9 Å². The fourth-order valence-electron chi connectivity index (χ4n) is 2.01. The molecule has 0 aliphatic heterocycles. The first-order valence-corrected chi connectivity index (χ1v) is 9.81. The summed E-state index contributed by atoms with van der Waals surface area (Å²) in [6.07, 6.45) is 1.46. The average molecular weight is 490 g/mol. The van der Waals surface area contributed by atoms with Gasteiger partial charge in [0.15, 0.2) is 0 Å². The number of carbonyl (C=O) groups is 3. The van der Waals surface area contributed by atoms with Crippen molar-refractivity contribution in [2.45, 2.75) is 13.8 Å². The first kappa shape index (κ1) is 28.3. The number of hydrogen-bond donors (Lipinski definition) is 1. The van der Waals surface area contributed by atoms with Gasteiger partial charge in [0.2, 0.25) is 12.4 Å². The summed E-state index contributed by atoms with van der Waals surface area (Å²) >= 11 is 0. The van der Waals surface area contributed by atoms with Gasteiger partial charge in [0.1, 0.15) is 11.6 Å². The molecule has 0 fully saturated rings. The van der Waals surface area contributed by atoms with Gasteiger partial charge in [0.05, 0.1) is 18.9 Å². The van der Waals surface area contributed by atoms with E-state index in [-0.39, 0.29) is 37.1 Å². The molecule has 0 aliphatic carbocycles. The number of nitrogens with one attached hydrogen (secondary N) is 1. The van der Waals surface area contributed by atoms with Gasteiger partial charge in [-0.3, -0.25) is 4.79 Å².